The lowest BCUT2D eigenvalue weighted by Crippen LogP contribution is -2.32. The van der Waals surface area contributed by atoms with Crippen LogP contribution in [0.15, 0.2) is 36.4 Å². The van der Waals surface area contributed by atoms with Crippen molar-refractivity contribution in [2.24, 2.45) is 0 Å². The number of alkyl halides is 3. The lowest BCUT2D eigenvalue weighted by Gasteiger charge is -2.20. The predicted molar refractivity (Wildman–Crippen MR) is 107 cm³/mol. The minimum Gasteiger partial charge on any atom is -0.494 e. The lowest BCUT2D eigenvalue weighted by atomic mass is 10.1. The van der Waals surface area contributed by atoms with Crippen LogP contribution in [-0.4, -0.2) is 25.2 Å². The van der Waals surface area contributed by atoms with Crippen molar-refractivity contribution >= 4 is 28.9 Å². The molecule has 0 saturated heterocycles. The zero-order valence-corrected chi connectivity index (χ0v) is 16.9. The fourth-order valence-electron chi connectivity index (χ4n) is 2.56. The standard InChI is InChI=1S/C20H22ClF3N2O3/c1-4-28-14-7-9-18(29-5-2)17(11-14)25-12(3)19(27)26-16-8-6-13(21)10-15(16)20(22,23)24/h6-12,25H,4-5H2,1-3H3,(H,26,27). The van der Waals surface area contributed by atoms with E-state index in [0.717, 1.165) is 12.1 Å². The minimum absolute atomic E-state index is 0.0735. The first-order chi connectivity index (χ1) is 13.7. The average molecular weight is 431 g/mol. The summed E-state index contributed by atoms with van der Waals surface area (Å²) in [5, 5.41) is 5.19. The Bertz CT molecular complexity index is 859. The Hall–Kier alpha value is -2.61. The monoisotopic (exact) mass is 430 g/mol. The number of halogens is 4. The summed E-state index contributed by atoms with van der Waals surface area (Å²) >= 11 is 5.67. The number of benzene rings is 2. The van der Waals surface area contributed by atoms with Crippen molar-refractivity contribution < 1.29 is 27.4 Å². The van der Waals surface area contributed by atoms with Gasteiger partial charge in [0, 0.05) is 11.1 Å². The Labute approximate surface area is 172 Å². The Morgan fingerprint density at radius 2 is 1.76 bits per heavy atom. The van der Waals surface area contributed by atoms with Crippen LogP contribution in [0.2, 0.25) is 5.02 Å². The second-order valence-electron chi connectivity index (χ2n) is 6.07. The van der Waals surface area contributed by atoms with E-state index in [0.29, 0.717) is 30.4 Å². The van der Waals surface area contributed by atoms with Crippen molar-refractivity contribution in [3.8, 4) is 11.5 Å². The third kappa shape index (κ3) is 6.19. The zero-order chi connectivity index (χ0) is 21.6. The molecular weight excluding hydrogens is 409 g/mol. The third-order valence-electron chi connectivity index (χ3n) is 3.87. The Balaban J connectivity index is 2.21. The van der Waals surface area contributed by atoms with Gasteiger partial charge in [-0.1, -0.05) is 11.6 Å². The summed E-state index contributed by atoms with van der Waals surface area (Å²) in [4.78, 5) is 12.5. The van der Waals surface area contributed by atoms with Crippen LogP contribution in [0.4, 0.5) is 24.5 Å². The van der Waals surface area contributed by atoms with Crippen molar-refractivity contribution in [1.82, 2.24) is 0 Å². The molecule has 1 unspecified atom stereocenters. The maximum Gasteiger partial charge on any atom is 0.418 e. The molecule has 2 N–H and O–H groups in total. The van der Waals surface area contributed by atoms with Gasteiger partial charge in [-0.2, -0.15) is 13.2 Å². The van der Waals surface area contributed by atoms with Crippen molar-refractivity contribution in [2.75, 3.05) is 23.8 Å². The molecule has 0 bridgehead atoms. The molecule has 1 amide bonds. The second-order valence-corrected chi connectivity index (χ2v) is 6.50. The van der Waals surface area contributed by atoms with Gasteiger partial charge in [-0.15, -0.1) is 0 Å². The van der Waals surface area contributed by atoms with Crippen LogP contribution in [0.25, 0.3) is 0 Å². The topological polar surface area (TPSA) is 59.6 Å². The number of rotatable bonds is 8. The summed E-state index contributed by atoms with van der Waals surface area (Å²) in [6.45, 7) is 6.05. The van der Waals surface area contributed by atoms with Gasteiger partial charge in [0.15, 0.2) is 0 Å². The summed E-state index contributed by atoms with van der Waals surface area (Å²) in [5.74, 6) is 0.420. The van der Waals surface area contributed by atoms with Gasteiger partial charge in [0.1, 0.15) is 17.5 Å². The fourth-order valence-corrected chi connectivity index (χ4v) is 2.73. The molecule has 9 heteroatoms. The SMILES string of the molecule is CCOc1ccc(OCC)c(NC(C)C(=O)Nc2ccc(Cl)cc2C(F)(F)F)c1. The van der Waals surface area contributed by atoms with Gasteiger partial charge in [0.25, 0.3) is 0 Å². The van der Waals surface area contributed by atoms with E-state index in [1.165, 1.54) is 13.0 Å². The van der Waals surface area contributed by atoms with Crippen LogP contribution in [0, 0.1) is 0 Å². The van der Waals surface area contributed by atoms with E-state index in [1.54, 1.807) is 18.2 Å². The first kappa shape index (κ1) is 22.7. The molecule has 0 aliphatic rings. The highest BCUT2D eigenvalue weighted by atomic mass is 35.5. The number of amides is 1. The summed E-state index contributed by atoms with van der Waals surface area (Å²) in [5.41, 5.74) is -0.889. The highest BCUT2D eigenvalue weighted by Crippen LogP contribution is 2.36. The Morgan fingerprint density at radius 3 is 2.38 bits per heavy atom. The van der Waals surface area contributed by atoms with Crippen molar-refractivity contribution in [3.63, 3.8) is 0 Å². The quantitative estimate of drug-likeness (QED) is 0.572. The molecule has 0 radical (unpaired) electrons. The maximum absolute atomic E-state index is 13.2. The number of hydrogen-bond donors (Lipinski definition) is 2. The van der Waals surface area contributed by atoms with E-state index in [2.05, 4.69) is 10.6 Å². The maximum atomic E-state index is 13.2. The summed E-state index contributed by atoms with van der Waals surface area (Å²) in [6, 6.07) is 7.41. The van der Waals surface area contributed by atoms with Gasteiger partial charge in [-0.25, -0.2) is 0 Å². The Morgan fingerprint density at radius 1 is 1.07 bits per heavy atom. The smallest absolute Gasteiger partial charge is 0.418 e. The number of carbonyl (C=O) groups excluding carboxylic acids is 1. The molecule has 0 aliphatic carbocycles. The van der Waals surface area contributed by atoms with Crippen LogP contribution >= 0.6 is 11.6 Å². The van der Waals surface area contributed by atoms with Gasteiger partial charge < -0.3 is 20.1 Å². The highest BCUT2D eigenvalue weighted by molar-refractivity contribution is 6.30. The molecule has 0 spiro atoms. The summed E-state index contributed by atoms with van der Waals surface area (Å²) in [6.07, 6.45) is -4.65. The number of anilines is 2. The van der Waals surface area contributed by atoms with E-state index in [-0.39, 0.29) is 10.7 Å². The number of nitrogens with one attached hydrogen (secondary N) is 2. The number of ether oxygens (including phenoxy) is 2. The Kier molecular flexibility index (Phi) is 7.61. The van der Waals surface area contributed by atoms with Crippen LogP contribution in [0.5, 0.6) is 11.5 Å². The molecule has 0 aliphatic heterocycles. The van der Waals surface area contributed by atoms with Gasteiger partial charge in [-0.3, -0.25) is 4.79 Å². The van der Waals surface area contributed by atoms with Gasteiger partial charge in [-0.05, 0) is 51.1 Å². The molecule has 2 aromatic rings. The van der Waals surface area contributed by atoms with Crippen molar-refractivity contribution in [1.29, 1.82) is 0 Å². The van der Waals surface area contributed by atoms with E-state index < -0.39 is 23.7 Å². The predicted octanol–water partition coefficient (Wildman–Crippen LogP) is 5.60. The molecule has 29 heavy (non-hydrogen) atoms. The fraction of sp³-hybridized carbons (Fsp3) is 0.350. The molecule has 2 rings (SSSR count). The molecule has 158 valence electrons. The van der Waals surface area contributed by atoms with E-state index >= 15 is 0 Å². The normalized spacial score (nSPS) is 12.2. The van der Waals surface area contributed by atoms with Gasteiger partial charge in [0.2, 0.25) is 5.91 Å². The first-order valence-electron chi connectivity index (χ1n) is 8.99. The molecule has 0 saturated carbocycles. The number of hydrogen-bond acceptors (Lipinski definition) is 4. The summed E-state index contributed by atoms with van der Waals surface area (Å²) < 4.78 is 50.7. The molecule has 0 heterocycles. The average Bonchev–Trinajstić information content (AvgIpc) is 2.64. The minimum atomic E-state index is -4.65. The highest BCUT2D eigenvalue weighted by Gasteiger charge is 2.34. The van der Waals surface area contributed by atoms with Crippen molar-refractivity contribution in [3.05, 3.63) is 47.0 Å². The van der Waals surface area contributed by atoms with Gasteiger partial charge >= 0.3 is 6.18 Å². The van der Waals surface area contributed by atoms with Crippen molar-refractivity contribution in [2.45, 2.75) is 33.0 Å². The summed E-state index contributed by atoms with van der Waals surface area (Å²) in [7, 11) is 0. The van der Waals surface area contributed by atoms with Crippen LogP contribution < -0.4 is 20.1 Å². The second kappa shape index (κ2) is 9.73. The molecular formula is C20H22ClF3N2O3. The molecule has 2 aromatic carbocycles. The molecule has 5 nitrogen and oxygen atoms in total. The van der Waals surface area contributed by atoms with Crippen LogP contribution in [0.1, 0.15) is 26.3 Å². The van der Waals surface area contributed by atoms with Gasteiger partial charge in [0.05, 0.1) is 30.2 Å². The molecule has 0 aromatic heterocycles. The molecule has 0 fully saturated rings. The lowest BCUT2D eigenvalue weighted by molar-refractivity contribution is -0.137. The van der Waals surface area contributed by atoms with Crippen LogP contribution in [0.3, 0.4) is 0 Å². The first-order valence-corrected chi connectivity index (χ1v) is 9.37. The third-order valence-corrected chi connectivity index (χ3v) is 4.11. The van der Waals surface area contributed by atoms with E-state index in [9.17, 15) is 18.0 Å². The van der Waals surface area contributed by atoms with E-state index in [4.69, 9.17) is 21.1 Å². The van der Waals surface area contributed by atoms with Crippen LogP contribution in [-0.2, 0) is 11.0 Å². The zero-order valence-electron chi connectivity index (χ0n) is 16.2. The van der Waals surface area contributed by atoms with E-state index in [1.807, 2.05) is 13.8 Å². The largest absolute Gasteiger partial charge is 0.494 e. The molecule has 1 atom stereocenters. The number of carbonyl (C=O) groups is 1.